The van der Waals surface area contributed by atoms with Gasteiger partial charge in [-0.2, -0.15) is 8.78 Å². The van der Waals surface area contributed by atoms with Crippen molar-refractivity contribution < 1.29 is 27.1 Å². The van der Waals surface area contributed by atoms with E-state index < -0.39 is 46.7 Å². The molecular formula is C24H24F4N6O2S. The summed E-state index contributed by atoms with van der Waals surface area (Å²) in [4.78, 5) is 29.3. The Hall–Kier alpha value is -3.74. The number of nitrogens with one attached hydrogen (secondary N) is 1. The van der Waals surface area contributed by atoms with Crippen LogP contribution in [0.5, 0.6) is 5.75 Å². The molecule has 1 fully saturated rings. The summed E-state index contributed by atoms with van der Waals surface area (Å²) in [5.74, 6) is -7.47. The number of anilines is 3. The molecule has 37 heavy (non-hydrogen) atoms. The maximum atomic E-state index is 14.1. The number of carbonyl (C=O) groups is 1. The molecule has 0 radical (unpaired) electrons. The van der Waals surface area contributed by atoms with Crippen LogP contribution in [0.3, 0.4) is 0 Å². The van der Waals surface area contributed by atoms with Crippen molar-refractivity contribution in [2.45, 2.75) is 32.4 Å². The van der Waals surface area contributed by atoms with Gasteiger partial charge in [-0.1, -0.05) is 17.4 Å². The molecule has 1 N–H and O–H groups in total. The molecule has 4 rings (SSSR count). The summed E-state index contributed by atoms with van der Waals surface area (Å²) in [6.07, 6.45) is 1.71. The second-order valence-electron chi connectivity index (χ2n) is 8.41. The summed E-state index contributed by atoms with van der Waals surface area (Å²) in [6.45, 7) is 5.73. The quantitative estimate of drug-likeness (QED) is 0.256. The highest BCUT2D eigenvalue weighted by molar-refractivity contribution is 7.19. The van der Waals surface area contributed by atoms with Gasteiger partial charge in [0.25, 0.3) is 0 Å². The molecule has 3 aromatic rings. The summed E-state index contributed by atoms with van der Waals surface area (Å²) in [7, 11) is 1.87. The molecule has 1 aliphatic heterocycles. The molecule has 1 atom stereocenters. The van der Waals surface area contributed by atoms with Crippen LogP contribution in [0.25, 0.3) is 0 Å². The van der Waals surface area contributed by atoms with E-state index in [1.54, 1.807) is 6.20 Å². The summed E-state index contributed by atoms with van der Waals surface area (Å²) in [6, 6.07) is 5.11. The van der Waals surface area contributed by atoms with Gasteiger partial charge >= 0.3 is 6.09 Å². The van der Waals surface area contributed by atoms with E-state index in [0.717, 1.165) is 17.7 Å². The molecule has 0 unspecified atom stereocenters. The fraction of sp³-hybridized carbons (Fsp3) is 0.333. The van der Waals surface area contributed by atoms with Gasteiger partial charge in [-0.15, -0.1) is 0 Å². The molecule has 1 aromatic carbocycles. The number of thiazole rings is 1. The number of aliphatic imine (C=N–C) groups is 1. The van der Waals surface area contributed by atoms with Gasteiger partial charge in [0.05, 0.1) is 12.2 Å². The Morgan fingerprint density at radius 3 is 2.65 bits per heavy atom. The molecule has 0 aliphatic carbocycles. The first-order valence-electron chi connectivity index (χ1n) is 11.3. The number of amides is 1. The predicted molar refractivity (Wildman–Crippen MR) is 133 cm³/mol. The van der Waals surface area contributed by atoms with Crippen LogP contribution in [0, 0.1) is 30.2 Å². The Morgan fingerprint density at radius 2 is 2.00 bits per heavy atom. The number of nitrogens with zero attached hydrogens (tertiary/aromatic N) is 5. The Kier molecular flexibility index (Phi) is 7.91. The van der Waals surface area contributed by atoms with Crippen LogP contribution < -0.4 is 19.9 Å². The zero-order chi connectivity index (χ0) is 26.7. The summed E-state index contributed by atoms with van der Waals surface area (Å²) < 4.78 is 60.4. The Morgan fingerprint density at radius 1 is 1.27 bits per heavy atom. The third kappa shape index (κ3) is 5.50. The molecule has 1 aliphatic rings. The second kappa shape index (κ2) is 11.1. The van der Waals surface area contributed by atoms with E-state index in [-0.39, 0.29) is 0 Å². The predicted octanol–water partition coefficient (Wildman–Crippen LogP) is 5.13. The van der Waals surface area contributed by atoms with Crippen molar-refractivity contribution in [2.24, 2.45) is 4.99 Å². The van der Waals surface area contributed by atoms with E-state index in [1.165, 1.54) is 11.3 Å². The van der Waals surface area contributed by atoms with E-state index in [0.29, 0.717) is 43.3 Å². The minimum atomic E-state index is -1.77. The monoisotopic (exact) mass is 536 g/mol. The number of rotatable bonds is 7. The van der Waals surface area contributed by atoms with Gasteiger partial charge in [0.15, 0.2) is 16.8 Å². The van der Waals surface area contributed by atoms with Crippen molar-refractivity contribution in [1.29, 1.82) is 0 Å². The van der Waals surface area contributed by atoms with Gasteiger partial charge in [-0.3, -0.25) is 4.99 Å². The highest BCUT2D eigenvalue weighted by Gasteiger charge is 2.29. The van der Waals surface area contributed by atoms with Crippen LogP contribution in [-0.4, -0.2) is 49.0 Å². The number of piperidine rings is 1. The molecule has 0 saturated carbocycles. The standard InChI is InChI=1S/C24H24F4N6O2S/c1-13-17(25)19(27)21(20(28)18(13)26)36-24(35)31-14-7-6-10-34(12-14)23-32-15(11-29-2)22(37-23)33(3)16-8-4-5-9-30-16/h4-5,8-9,14H,2,6-7,10-12H2,1,3H3,(H,31,35)/t14-/m1/s1. The van der Waals surface area contributed by atoms with E-state index >= 15 is 0 Å². The van der Waals surface area contributed by atoms with Gasteiger partial charge in [0.1, 0.15) is 10.8 Å². The maximum Gasteiger partial charge on any atom is 0.413 e. The summed E-state index contributed by atoms with van der Waals surface area (Å²) >= 11 is 1.43. The minimum absolute atomic E-state index is 0.297. The maximum absolute atomic E-state index is 14.1. The van der Waals surface area contributed by atoms with E-state index in [9.17, 15) is 22.4 Å². The van der Waals surface area contributed by atoms with Crippen LogP contribution in [0.1, 0.15) is 24.1 Å². The number of halogens is 4. The molecule has 8 nitrogen and oxygen atoms in total. The SMILES string of the molecule is C=NCc1nc(N2CCC[C@@H](NC(=O)Oc3c(F)c(F)c(C)c(F)c3F)C2)sc1N(C)c1ccccn1. The first kappa shape index (κ1) is 26.3. The molecular weight excluding hydrogens is 512 g/mol. The van der Waals surface area contributed by atoms with Crippen LogP contribution in [0.2, 0.25) is 0 Å². The largest absolute Gasteiger partial charge is 0.413 e. The molecule has 0 spiro atoms. The molecule has 196 valence electrons. The molecule has 1 amide bonds. The lowest BCUT2D eigenvalue weighted by Gasteiger charge is -2.32. The second-order valence-corrected chi connectivity index (χ2v) is 9.36. The van der Waals surface area contributed by atoms with E-state index in [4.69, 9.17) is 4.98 Å². The number of benzene rings is 1. The van der Waals surface area contributed by atoms with Crippen molar-refractivity contribution in [3.63, 3.8) is 0 Å². The normalized spacial score (nSPS) is 15.4. The molecule has 3 heterocycles. The molecule has 1 saturated heterocycles. The molecule has 13 heteroatoms. The molecule has 0 bridgehead atoms. The van der Waals surface area contributed by atoms with Crippen LogP contribution in [0.15, 0.2) is 29.4 Å². The molecule has 2 aromatic heterocycles. The third-order valence-corrected chi connectivity index (χ3v) is 7.11. The Bertz CT molecular complexity index is 1280. The van der Waals surface area contributed by atoms with Gasteiger partial charge in [-0.05, 0) is 38.6 Å². The smallest absolute Gasteiger partial charge is 0.404 e. The van der Waals surface area contributed by atoms with Crippen molar-refractivity contribution >= 4 is 40.1 Å². The fourth-order valence-corrected chi connectivity index (χ4v) is 5.04. The summed E-state index contributed by atoms with van der Waals surface area (Å²) in [5.41, 5.74) is -0.125. The number of hydrogen-bond acceptors (Lipinski definition) is 8. The van der Waals surface area contributed by atoms with Crippen molar-refractivity contribution in [3.05, 3.63) is 58.9 Å². The van der Waals surface area contributed by atoms with Crippen molar-refractivity contribution in [3.8, 4) is 5.75 Å². The lowest BCUT2D eigenvalue weighted by atomic mass is 10.1. The lowest BCUT2D eigenvalue weighted by molar-refractivity contribution is 0.188. The van der Waals surface area contributed by atoms with Crippen molar-refractivity contribution in [1.82, 2.24) is 15.3 Å². The topological polar surface area (TPSA) is 83.0 Å². The Labute approximate surface area is 214 Å². The zero-order valence-electron chi connectivity index (χ0n) is 20.1. The first-order valence-corrected chi connectivity index (χ1v) is 12.2. The first-order chi connectivity index (χ1) is 17.7. The minimum Gasteiger partial charge on any atom is -0.404 e. The highest BCUT2D eigenvalue weighted by atomic mass is 32.1. The number of ether oxygens (including phenoxy) is 1. The van der Waals surface area contributed by atoms with Crippen LogP contribution in [-0.2, 0) is 6.54 Å². The Balaban J connectivity index is 1.48. The van der Waals surface area contributed by atoms with E-state index in [2.05, 4.69) is 26.7 Å². The van der Waals surface area contributed by atoms with Gasteiger partial charge in [0.2, 0.25) is 17.4 Å². The fourth-order valence-electron chi connectivity index (χ4n) is 3.96. The van der Waals surface area contributed by atoms with Gasteiger partial charge in [-0.25, -0.2) is 23.5 Å². The van der Waals surface area contributed by atoms with E-state index in [1.807, 2.05) is 35.0 Å². The van der Waals surface area contributed by atoms with Crippen molar-refractivity contribution in [2.75, 3.05) is 29.9 Å². The number of pyridine rings is 1. The average Bonchev–Trinajstić information content (AvgIpc) is 3.33. The van der Waals surface area contributed by atoms with Crippen LogP contribution in [0.4, 0.5) is 38.3 Å². The number of aromatic nitrogens is 2. The number of carbonyl (C=O) groups excluding carboxylic acids is 1. The van der Waals surface area contributed by atoms with Gasteiger partial charge in [0, 0.05) is 37.9 Å². The average molecular weight is 537 g/mol. The zero-order valence-corrected chi connectivity index (χ0v) is 20.9. The highest BCUT2D eigenvalue weighted by Crippen LogP contribution is 2.38. The third-order valence-electron chi connectivity index (χ3n) is 5.88. The lowest BCUT2D eigenvalue weighted by Crippen LogP contribution is -2.48. The van der Waals surface area contributed by atoms with Crippen LogP contribution >= 0.6 is 11.3 Å². The number of hydrogen-bond donors (Lipinski definition) is 1. The van der Waals surface area contributed by atoms with Gasteiger partial charge < -0.3 is 19.9 Å². The summed E-state index contributed by atoms with van der Waals surface area (Å²) in [5, 5.41) is 4.05.